The second-order valence-corrected chi connectivity index (χ2v) is 7.38. The van der Waals surface area contributed by atoms with Gasteiger partial charge in [-0.1, -0.05) is 6.07 Å². The van der Waals surface area contributed by atoms with Crippen molar-refractivity contribution >= 4 is 34.0 Å². The Hall–Kier alpha value is -3.15. The lowest BCUT2D eigenvalue weighted by atomic mass is 10.1. The molecule has 1 saturated heterocycles. The molecule has 1 aliphatic heterocycles. The number of nitrogens with one attached hydrogen (secondary N) is 1. The van der Waals surface area contributed by atoms with Gasteiger partial charge in [0.15, 0.2) is 0 Å². The Kier molecular flexibility index (Phi) is 5.10. The zero-order valence-corrected chi connectivity index (χ0v) is 16.4. The maximum atomic E-state index is 12.7. The summed E-state index contributed by atoms with van der Waals surface area (Å²) in [4.78, 5) is 25.9. The standard InChI is InChI=1S/C22H25N5O/c1-26(2)18-8-6-7-16(13-18)22(28)25-17-9-10-19-20(14-17)23-15-24-21(19)27-11-4-3-5-12-27/h6-10,13-15H,3-5,11-12H2,1-2H3,(H,25,28). The molecule has 0 spiro atoms. The molecule has 6 heteroatoms. The minimum atomic E-state index is -0.131. The van der Waals surface area contributed by atoms with Crippen LogP contribution in [0.15, 0.2) is 48.8 Å². The molecule has 1 N–H and O–H groups in total. The minimum absolute atomic E-state index is 0.131. The predicted octanol–water partition coefficient (Wildman–Crippen LogP) is 3.94. The van der Waals surface area contributed by atoms with Gasteiger partial charge in [0, 0.05) is 49.5 Å². The average molecular weight is 375 g/mol. The smallest absolute Gasteiger partial charge is 0.255 e. The van der Waals surface area contributed by atoms with Crippen LogP contribution in [0.3, 0.4) is 0 Å². The van der Waals surface area contributed by atoms with Gasteiger partial charge in [0.2, 0.25) is 0 Å². The first-order valence-corrected chi connectivity index (χ1v) is 9.70. The van der Waals surface area contributed by atoms with Gasteiger partial charge in [0.05, 0.1) is 5.52 Å². The number of amides is 1. The number of anilines is 3. The molecule has 144 valence electrons. The fourth-order valence-corrected chi connectivity index (χ4v) is 3.61. The predicted molar refractivity (Wildman–Crippen MR) is 114 cm³/mol. The van der Waals surface area contributed by atoms with Crippen LogP contribution in [-0.4, -0.2) is 43.1 Å². The quantitative estimate of drug-likeness (QED) is 0.748. The highest BCUT2D eigenvalue weighted by atomic mass is 16.1. The van der Waals surface area contributed by atoms with Crippen molar-refractivity contribution in [2.45, 2.75) is 19.3 Å². The summed E-state index contributed by atoms with van der Waals surface area (Å²) in [6.45, 7) is 2.07. The van der Waals surface area contributed by atoms with E-state index in [0.717, 1.165) is 41.2 Å². The average Bonchev–Trinajstić information content (AvgIpc) is 2.74. The third-order valence-electron chi connectivity index (χ3n) is 5.15. The number of carbonyl (C=O) groups excluding carboxylic acids is 1. The Morgan fingerprint density at radius 3 is 2.64 bits per heavy atom. The molecular weight excluding hydrogens is 350 g/mol. The molecule has 0 atom stereocenters. The van der Waals surface area contributed by atoms with Gasteiger partial charge in [-0.15, -0.1) is 0 Å². The van der Waals surface area contributed by atoms with Gasteiger partial charge in [0.25, 0.3) is 5.91 Å². The van der Waals surface area contributed by atoms with Crippen molar-refractivity contribution in [2.24, 2.45) is 0 Å². The van der Waals surface area contributed by atoms with Crippen molar-refractivity contribution in [1.29, 1.82) is 0 Å². The third-order valence-corrected chi connectivity index (χ3v) is 5.15. The number of fused-ring (bicyclic) bond motifs is 1. The summed E-state index contributed by atoms with van der Waals surface area (Å²) < 4.78 is 0. The zero-order chi connectivity index (χ0) is 19.5. The van der Waals surface area contributed by atoms with Crippen molar-refractivity contribution in [3.8, 4) is 0 Å². The van der Waals surface area contributed by atoms with Gasteiger partial charge >= 0.3 is 0 Å². The van der Waals surface area contributed by atoms with Crippen LogP contribution < -0.4 is 15.1 Å². The molecule has 0 saturated carbocycles. The van der Waals surface area contributed by atoms with Crippen LogP contribution in [0.5, 0.6) is 0 Å². The molecule has 1 aromatic heterocycles. The maximum Gasteiger partial charge on any atom is 0.255 e. The Morgan fingerprint density at radius 2 is 1.86 bits per heavy atom. The van der Waals surface area contributed by atoms with Crippen LogP contribution in [0, 0.1) is 0 Å². The number of nitrogens with zero attached hydrogens (tertiary/aromatic N) is 4. The molecule has 0 radical (unpaired) electrons. The van der Waals surface area contributed by atoms with Crippen molar-refractivity contribution in [3.63, 3.8) is 0 Å². The van der Waals surface area contributed by atoms with Crippen molar-refractivity contribution in [3.05, 3.63) is 54.4 Å². The molecule has 0 aliphatic carbocycles. The number of hydrogen-bond acceptors (Lipinski definition) is 5. The number of aromatic nitrogens is 2. The Labute approximate surface area is 165 Å². The maximum absolute atomic E-state index is 12.7. The van der Waals surface area contributed by atoms with E-state index in [1.54, 1.807) is 6.33 Å². The van der Waals surface area contributed by atoms with E-state index < -0.39 is 0 Å². The van der Waals surface area contributed by atoms with Gasteiger partial charge < -0.3 is 15.1 Å². The lowest BCUT2D eigenvalue weighted by Crippen LogP contribution is -2.30. The topological polar surface area (TPSA) is 61.4 Å². The number of rotatable bonds is 4. The monoisotopic (exact) mass is 375 g/mol. The van der Waals surface area contributed by atoms with E-state index in [0.29, 0.717) is 5.56 Å². The number of piperidine rings is 1. The van der Waals surface area contributed by atoms with Gasteiger partial charge in [-0.05, 0) is 55.7 Å². The molecule has 2 aromatic carbocycles. The molecule has 4 rings (SSSR count). The summed E-state index contributed by atoms with van der Waals surface area (Å²) in [5.41, 5.74) is 3.19. The first-order chi connectivity index (χ1) is 13.6. The number of benzene rings is 2. The highest BCUT2D eigenvalue weighted by Crippen LogP contribution is 2.27. The van der Waals surface area contributed by atoms with Gasteiger partial charge in [0.1, 0.15) is 12.1 Å². The number of hydrogen-bond donors (Lipinski definition) is 1. The lowest BCUT2D eigenvalue weighted by Gasteiger charge is -2.28. The summed E-state index contributed by atoms with van der Waals surface area (Å²) in [6, 6.07) is 13.4. The molecule has 6 nitrogen and oxygen atoms in total. The largest absolute Gasteiger partial charge is 0.378 e. The van der Waals surface area contributed by atoms with Crippen molar-refractivity contribution in [2.75, 3.05) is 42.3 Å². The minimum Gasteiger partial charge on any atom is -0.378 e. The first kappa shape index (κ1) is 18.2. The van der Waals surface area contributed by atoms with E-state index in [9.17, 15) is 4.79 Å². The Balaban J connectivity index is 1.58. The molecule has 1 amide bonds. The van der Waals surface area contributed by atoms with Crippen molar-refractivity contribution < 1.29 is 4.79 Å². The third kappa shape index (κ3) is 3.76. The second kappa shape index (κ2) is 7.84. The van der Waals surface area contributed by atoms with Crippen LogP contribution in [0.2, 0.25) is 0 Å². The van der Waals surface area contributed by atoms with Crippen molar-refractivity contribution in [1.82, 2.24) is 9.97 Å². The lowest BCUT2D eigenvalue weighted by molar-refractivity contribution is 0.102. The van der Waals surface area contributed by atoms with Gasteiger partial charge in [-0.3, -0.25) is 4.79 Å². The summed E-state index contributed by atoms with van der Waals surface area (Å²) in [6.07, 6.45) is 5.29. The highest BCUT2D eigenvalue weighted by molar-refractivity contribution is 6.06. The fourth-order valence-electron chi connectivity index (χ4n) is 3.61. The highest BCUT2D eigenvalue weighted by Gasteiger charge is 2.16. The summed E-state index contributed by atoms with van der Waals surface area (Å²) in [7, 11) is 3.92. The molecule has 3 aromatic rings. The van der Waals surface area contributed by atoms with E-state index in [4.69, 9.17) is 0 Å². The normalized spacial score (nSPS) is 14.1. The first-order valence-electron chi connectivity index (χ1n) is 9.70. The zero-order valence-electron chi connectivity index (χ0n) is 16.4. The van der Waals surface area contributed by atoms with Crippen LogP contribution >= 0.6 is 0 Å². The summed E-state index contributed by atoms with van der Waals surface area (Å²) in [5.74, 6) is 0.856. The molecule has 0 unspecified atom stereocenters. The SMILES string of the molecule is CN(C)c1cccc(C(=O)Nc2ccc3c(N4CCCCC4)ncnc3c2)c1. The fraction of sp³-hybridized carbons (Fsp3) is 0.318. The second-order valence-electron chi connectivity index (χ2n) is 7.38. The van der Waals surface area contributed by atoms with Crippen LogP contribution in [0.25, 0.3) is 10.9 Å². The molecular formula is C22H25N5O. The van der Waals surface area contributed by atoms with E-state index in [-0.39, 0.29) is 5.91 Å². The molecule has 2 heterocycles. The number of carbonyl (C=O) groups is 1. The van der Waals surface area contributed by atoms with E-state index in [1.165, 1.54) is 19.3 Å². The summed E-state index contributed by atoms with van der Waals surface area (Å²) >= 11 is 0. The van der Waals surface area contributed by atoms with Gasteiger partial charge in [-0.25, -0.2) is 9.97 Å². The van der Waals surface area contributed by atoms with E-state index in [1.807, 2.05) is 61.5 Å². The Morgan fingerprint density at radius 1 is 1.04 bits per heavy atom. The molecule has 0 bridgehead atoms. The van der Waals surface area contributed by atoms with Crippen LogP contribution in [-0.2, 0) is 0 Å². The van der Waals surface area contributed by atoms with Crippen LogP contribution in [0.4, 0.5) is 17.2 Å². The van der Waals surface area contributed by atoms with E-state index in [2.05, 4.69) is 20.2 Å². The summed E-state index contributed by atoms with van der Waals surface area (Å²) in [5, 5.41) is 4.01. The van der Waals surface area contributed by atoms with Crippen LogP contribution in [0.1, 0.15) is 29.6 Å². The molecule has 1 fully saturated rings. The van der Waals surface area contributed by atoms with Gasteiger partial charge in [-0.2, -0.15) is 0 Å². The molecule has 1 aliphatic rings. The van der Waals surface area contributed by atoms with E-state index >= 15 is 0 Å². The molecule has 28 heavy (non-hydrogen) atoms. The Bertz CT molecular complexity index is 995.